The van der Waals surface area contributed by atoms with Gasteiger partial charge in [-0.25, -0.2) is 14.2 Å². The molecule has 19 heavy (non-hydrogen) atoms. The molecule has 2 aromatic rings. The molecule has 2 rings (SSSR count). The smallest absolute Gasteiger partial charge is 0.338 e. The number of benzene rings is 1. The highest BCUT2D eigenvalue weighted by molar-refractivity contribution is 5.90. The first-order valence-electron chi connectivity index (χ1n) is 5.97. The first-order chi connectivity index (χ1) is 8.90. The van der Waals surface area contributed by atoms with Crippen molar-refractivity contribution < 1.29 is 14.3 Å². The molecule has 0 aliphatic heterocycles. The summed E-state index contributed by atoms with van der Waals surface area (Å²) in [6.07, 6.45) is 3.51. The van der Waals surface area contributed by atoms with Crippen molar-refractivity contribution in [3.63, 3.8) is 0 Å². The van der Waals surface area contributed by atoms with Crippen molar-refractivity contribution in [1.29, 1.82) is 0 Å². The zero-order valence-corrected chi connectivity index (χ0v) is 11.0. The predicted octanol–water partition coefficient (Wildman–Crippen LogP) is 3.28. The third kappa shape index (κ3) is 2.50. The average Bonchev–Trinajstić information content (AvgIpc) is 2.77. The van der Waals surface area contributed by atoms with Gasteiger partial charge in [0.2, 0.25) is 0 Å². The molecule has 1 heterocycles. The van der Waals surface area contributed by atoms with Gasteiger partial charge in [0.15, 0.2) is 0 Å². The van der Waals surface area contributed by atoms with Crippen LogP contribution in [0.25, 0.3) is 11.3 Å². The summed E-state index contributed by atoms with van der Waals surface area (Å²) in [7, 11) is 0. The predicted molar refractivity (Wildman–Crippen MR) is 69.7 cm³/mol. The summed E-state index contributed by atoms with van der Waals surface area (Å²) in [6, 6.07) is 2.83. The van der Waals surface area contributed by atoms with Gasteiger partial charge in [-0.05, 0) is 38.5 Å². The van der Waals surface area contributed by atoms with Crippen LogP contribution in [0.1, 0.15) is 35.8 Å². The Morgan fingerprint density at radius 3 is 2.63 bits per heavy atom. The van der Waals surface area contributed by atoms with Crippen LogP contribution in [0.15, 0.2) is 24.7 Å². The van der Waals surface area contributed by atoms with E-state index >= 15 is 0 Å². The Morgan fingerprint density at radius 1 is 1.42 bits per heavy atom. The number of carboxylic acid groups (broad SMARTS) is 1. The third-order valence-electron chi connectivity index (χ3n) is 3.02. The van der Waals surface area contributed by atoms with E-state index in [4.69, 9.17) is 5.11 Å². The van der Waals surface area contributed by atoms with Gasteiger partial charge in [0, 0.05) is 17.8 Å². The lowest BCUT2D eigenvalue weighted by Crippen LogP contribution is -2.02. The van der Waals surface area contributed by atoms with E-state index < -0.39 is 11.8 Å². The topological polar surface area (TPSA) is 55.1 Å². The fourth-order valence-corrected chi connectivity index (χ4v) is 1.87. The maximum absolute atomic E-state index is 13.5. The van der Waals surface area contributed by atoms with E-state index in [-0.39, 0.29) is 11.6 Å². The molecule has 0 fully saturated rings. The second kappa shape index (κ2) is 4.84. The molecule has 1 aromatic carbocycles. The van der Waals surface area contributed by atoms with E-state index in [9.17, 15) is 9.18 Å². The SMILES string of the molecule is Cc1cc(F)c(C(=O)O)cc1-c1cn(C(C)C)cn1. The molecular weight excluding hydrogens is 247 g/mol. The van der Waals surface area contributed by atoms with Crippen molar-refractivity contribution in [1.82, 2.24) is 9.55 Å². The zero-order valence-electron chi connectivity index (χ0n) is 11.0. The van der Waals surface area contributed by atoms with Crippen LogP contribution >= 0.6 is 0 Å². The molecule has 0 spiro atoms. The largest absolute Gasteiger partial charge is 0.478 e. The van der Waals surface area contributed by atoms with Crippen LogP contribution in [0, 0.1) is 12.7 Å². The molecule has 0 atom stereocenters. The van der Waals surface area contributed by atoms with Crippen LogP contribution in [-0.2, 0) is 0 Å². The van der Waals surface area contributed by atoms with E-state index in [0.717, 1.165) is 0 Å². The molecular formula is C14H15FN2O2. The summed E-state index contributed by atoms with van der Waals surface area (Å²) in [4.78, 5) is 15.2. The summed E-state index contributed by atoms with van der Waals surface area (Å²) in [5, 5.41) is 8.96. The number of aryl methyl sites for hydroxylation is 1. The van der Waals surface area contributed by atoms with Crippen LogP contribution in [0.5, 0.6) is 0 Å². The minimum Gasteiger partial charge on any atom is -0.478 e. The van der Waals surface area contributed by atoms with E-state index in [0.29, 0.717) is 16.8 Å². The van der Waals surface area contributed by atoms with Gasteiger partial charge in [-0.3, -0.25) is 0 Å². The fourth-order valence-electron chi connectivity index (χ4n) is 1.87. The standard InChI is InChI=1S/C14H15FN2O2/c1-8(2)17-6-13(16-7-17)10-5-11(14(18)19)12(15)4-9(10)3/h4-8H,1-3H3,(H,18,19). The van der Waals surface area contributed by atoms with Crippen molar-refractivity contribution in [3.05, 3.63) is 41.6 Å². The molecule has 100 valence electrons. The summed E-state index contributed by atoms with van der Waals surface area (Å²) in [6.45, 7) is 5.77. The first-order valence-corrected chi connectivity index (χ1v) is 5.97. The lowest BCUT2D eigenvalue weighted by molar-refractivity contribution is 0.0692. The Morgan fingerprint density at radius 2 is 2.11 bits per heavy atom. The van der Waals surface area contributed by atoms with Gasteiger partial charge in [-0.15, -0.1) is 0 Å². The van der Waals surface area contributed by atoms with E-state index in [1.165, 1.54) is 12.1 Å². The van der Waals surface area contributed by atoms with Crippen LogP contribution in [0.2, 0.25) is 0 Å². The normalized spacial score (nSPS) is 11.0. The Bertz CT molecular complexity index is 632. The van der Waals surface area contributed by atoms with Crippen molar-refractivity contribution in [2.24, 2.45) is 0 Å². The van der Waals surface area contributed by atoms with Crippen molar-refractivity contribution in [3.8, 4) is 11.3 Å². The van der Waals surface area contributed by atoms with Gasteiger partial charge in [0.1, 0.15) is 5.82 Å². The third-order valence-corrected chi connectivity index (χ3v) is 3.02. The molecule has 1 N–H and O–H groups in total. The van der Waals surface area contributed by atoms with Gasteiger partial charge in [-0.1, -0.05) is 0 Å². The highest BCUT2D eigenvalue weighted by Gasteiger charge is 2.15. The Hall–Kier alpha value is -2.17. The van der Waals surface area contributed by atoms with Crippen molar-refractivity contribution in [2.75, 3.05) is 0 Å². The molecule has 0 aliphatic rings. The summed E-state index contributed by atoms with van der Waals surface area (Å²) < 4.78 is 15.4. The molecule has 0 radical (unpaired) electrons. The van der Waals surface area contributed by atoms with Crippen molar-refractivity contribution in [2.45, 2.75) is 26.8 Å². The quantitative estimate of drug-likeness (QED) is 0.923. The van der Waals surface area contributed by atoms with E-state index in [1.54, 1.807) is 13.3 Å². The van der Waals surface area contributed by atoms with Gasteiger partial charge in [0.25, 0.3) is 0 Å². The molecule has 0 saturated carbocycles. The highest BCUT2D eigenvalue weighted by atomic mass is 19.1. The number of carboxylic acids is 1. The highest BCUT2D eigenvalue weighted by Crippen LogP contribution is 2.25. The summed E-state index contributed by atoms with van der Waals surface area (Å²) in [5.41, 5.74) is 1.61. The molecule has 0 bridgehead atoms. The molecule has 0 aliphatic carbocycles. The van der Waals surface area contributed by atoms with E-state index in [2.05, 4.69) is 4.98 Å². The molecule has 0 amide bonds. The maximum atomic E-state index is 13.5. The minimum absolute atomic E-state index is 0.265. The number of aromatic nitrogens is 2. The van der Waals surface area contributed by atoms with Crippen LogP contribution < -0.4 is 0 Å². The second-order valence-electron chi connectivity index (χ2n) is 4.75. The van der Waals surface area contributed by atoms with Gasteiger partial charge < -0.3 is 9.67 Å². The second-order valence-corrected chi connectivity index (χ2v) is 4.75. The van der Waals surface area contributed by atoms with Crippen LogP contribution in [0.4, 0.5) is 4.39 Å². The van der Waals surface area contributed by atoms with Gasteiger partial charge >= 0.3 is 5.97 Å². The summed E-state index contributed by atoms with van der Waals surface area (Å²) in [5.74, 6) is -2.00. The lowest BCUT2D eigenvalue weighted by atomic mass is 10.0. The van der Waals surface area contributed by atoms with Crippen LogP contribution in [-0.4, -0.2) is 20.6 Å². The molecule has 0 unspecified atom stereocenters. The molecule has 1 aromatic heterocycles. The van der Waals surface area contributed by atoms with E-state index in [1.807, 2.05) is 24.6 Å². The van der Waals surface area contributed by atoms with Gasteiger partial charge in [-0.2, -0.15) is 0 Å². The number of hydrogen-bond donors (Lipinski definition) is 1. The molecule has 5 heteroatoms. The summed E-state index contributed by atoms with van der Waals surface area (Å²) >= 11 is 0. The zero-order chi connectivity index (χ0) is 14.2. The van der Waals surface area contributed by atoms with Crippen molar-refractivity contribution >= 4 is 5.97 Å². The molecule has 0 saturated heterocycles. The fraction of sp³-hybridized carbons (Fsp3) is 0.286. The first kappa shape index (κ1) is 13.3. The Balaban J connectivity index is 2.54. The lowest BCUT2D eigenvalue weighted by Gasteiger charge is -2.07. The number of carbonyl (C=O) groups is 1. The number of halogens is 1. The minimum atomic E-state index is -1.28. The number of hydrogen-bond acceptors (Lipinski definition) is 2. The molecule has 4 nitrogen and oxygen atoms in total. The van der Waals surface area contributed by atoms with Gasteiger partial charge in [0.05, 0.1) is 17.6 Å². The Labute approximate surface area is 110 Å². The number of rotatable bonds is 3. The monoisotopic (exact) mass is 262 g/mol. The van der Waals surface area contributed by atoms with Crippen LogP contribution in [0.3, 0.4) is 0 Å². The number of nitrogens with zero attached hydrogens (tertiary/aromatic N) is 2. The maximum Gasteiger partial charge on any atom is 0.338 e. The number of imidazole rings is 1. The average molecular weight is 262 g/mol. The Kier molecular flexibility index (Phi) is 3.38. The number of aromatic carboxylic acids is 1.